The van der Waals surface area contributed by atoms with Crippen LogP contribution in [-0.4, -0.2) is 29.0 Å². The Balaban J connectivity index is 1.79. The zero-order chi connectivity index (χ0) is 11.8. The summed E-state index contributed by atoms with van der Waals surface area (Å²) in [6.07, 6.45) is 8.96. The van der Waals surface area contributed by atoms with Crippen molar-refractivity contribution in [2.75, 3.05) is 7.05 Å². The molecule has 2 saturated heterocycles. The van der Waals surface area contributed by atoms with Gasteiger partial charge in [0.1, 0.15) is 3.70 Å². The van der Waals surface area contributed by atoms with Crippen molar-refractivity contribution in [1.82, 2.24) is 9.88 Å². The van der Waals surface area contributed by atoms with Crippen LogP contribution in [-0.2, 0) is 0 Å². The van der Waals surface area contributed by atoms with E-state index in [-0.39, 0.29) is 0 Å². The second-order valence-electron chi connectivity index (χ2n) is 5.49. The number of piperidine rings is 2. The minimum Gasteiger partial charge on any atom is -0.300 e. The predicted octanol–water partition coefficient (Wildman–Crippen LogP) is 3.42. The fourth-order valence-corrected chi connectivity index (χ4v) is 3.84. The predicted molar refractivity (Wildman–Crippen MR) is 78.1 cm³/mol. The van der Waals surface area contributed by atoms with Crippen LogP contribution in [0.25, 0.3) is 0 Å². The van der Waals surface area contributed by atoms with Gasteiger partial charge in [0.25, 0.3) is 0 Å². The first-order chi connectivity index (χ1) is 8.24. The van der Waals surface area contributed by atoms with Gasteiger partial charge in [0.2, 0.25) is 0 Å². The van der Waals surface area contributed by atoms with E-state index < -0.39 is 0 Å². The van der Waals surface area contributed by atoms with Crippen LogP contribution in [0.15, 0.2) is 18.3 Å². The molecule has 2 bridgehead atoms. The average molecular weight is 342 g/mol. The van der Waals surface area contributed by atoms with Gasteiger partial charge in [0, 0.05) is 18.3 Å². The van der Waals surface area contributed by atoms with Crippen molar-refractivity contribution in [2.24, 2.45) is 0 Å². The summed E-state index contributed by atoms with van der Waals surface area (Å²) in [4.78, 5) is 7.07. The third kappa shape index (κ3) is 2.36. The van der Waals surface area contributed by atoms with Gasteiger partial charge in [0.15, 0.2) is 0 Å². The lowest BCUT2D eigenvalue weighted by Crippen LogP contribution is -2.49. The van der Waals surface area contributed by atoms with Crippen molar-refractivity contribution in [2.45, 2.75) is 50.1 Å². The van der Waals surface area contributed by atoms with Gasteiger partial charge < -0.3 is 4.90 Å². The standard InChI is InChI=1S/C14H19IN2/c1-17-12-3-2-4-13(17)8-11(7-12)10-5-6-14(15)16-9-10/h5-6,9,11-13H,2-4,7-8H2,1H3. The highest BCUT2D eigenvalue weighted by Crippen LogP contribution is 2.40. The lowest BCUT2D eigenvalue weighted by molar-refractivity contribution is 0.0555. The second-order valence-corrected chi connectivity index (χ2v) is 6.59. The van der Waals surface area contributed by atoms with Crippen molar-refractivity contribution in [3.05, 3.63) is 27.6 Å². The monoisotopic (exact) mass is 342 g/mol. The zero-order valence-electron chi connectivity index (χ0n) is 10.3. The molecule has 2 unspecified atom stereocenters. The molecular formula is C14H19IN2. The number of hydrogen-bond donors (Lipinski definition) is 0. The van der Waals surface area contributed by atoms with Crippen LogP contribution in [0, 0.1) is 3.70 Å². The molecule has 2 nitrogen and oxygen atoms in total. The first-order valence-electron chi connectivity index (χ1n) is 6.57. The van der Waals surface area contributed by atoms with Crippen molar-refractivity contribution in [1.29, 1.82) is 0 Å². The van der Waals surface area contributed by atoms with Gasteiger partial charge in [-0.1, -0.05) is 12.5 Å². The van der Waals surface area contributed by atoms with Gasteiger partial charge in [-0.2, -0.15) is 0 Å². The van der Waals surface area contributed by atoms with Gasteiger partial charge in [0.05, 0.1) is 0 Å². The highest BCUT2D eigenvalue weighted by molar-refractivity contribution is 14.1. The third-order valence-electron chi connectivity index (χ3n) is 4.56. The topological polar surface area (TPSA) is 16.1 Å². The van der Waals surface area contributed by atoms with Crippen LogP contribution in [0.2, 0.25) is 0 Å². The summed E-state index contributed by atoms with van der Waals surface area (Å²) in [5.74, 6) is 0.742. The van der Waals surface area contributed by atoms with E-state index in [1.165, 1.54) is 37.7 Å². The third-order valence-corrected chi connectivity index (χ3v) is 5.20. The summed E-state index contributed by atoms with van der Waals surface area (Å²) < 4.78 is 1.10. The van der Waals surface area contributed by atoms with Gasteiger partial charge in [-0.05, 0) is 72.9 Å². The molecule has 1 aromatic rings. The molecule has 2 aliphatic rings. The van der Waals surface area contributed by atoms with Crippen molar-refractivity contribution in [3.8, 4) is 0 Å². The van der Waals surface area contributed by atoms with Crippen LogP contribution in [0.1, 0.15) is 43.6 Å². The molecule has 3 heteroatoms. The van der Waals surface area contributed by atoms with E-state index in [0.29, 0.717) is 0 Å². The number of hydrogen-bond acceptors (Lipinski definition) is 2. The highest BCUT2D eigenvalue weighted by Gasteiger charge is 2.36. The van der Waals surface area contributed by atoms with E-state index in [1.807, 2.05) is 0 Å². The van der Waals surface area contributed by atoms with E-state index in [2.05, 4.69) is 57.9 Å². The zero-order valence-corrected chi connectivity index (χ0v) is 12.4. The number of aromatic nitrogens is 1. The van der Waals surface area contributed by atoms with Crippen LogP contribution in [0.4, 0.5) is 0 Å². The normalized spacial score (nSPS) is 33.6. The van der Waals surface area contributed by atoms with Crippen molar-refractivity contribution in [3.63, 3.8) is 0 Å². The second kappa shape index (κ2) is 4.84. The SMILES string of the molecule is CN1C2CCCC1CC(c1ccc(I)nc1)C2. The summed E-state index contributed by atoms with van der Waals surface area (Å²) in [6.45, 7) is 0. The minimum absolute atomic E-state index is 0.742. The number of halogens is 1. The van der Waals surface area contributed by atoms with E-state index in [9.17, 15) is 0 Å². The Morgan fingerprint density at radius 2 is 1.94 bits per heavy atom. The summed E-state index contributed by atoms with van der Waals surface area (Å²) >= 11 is 2.28. The van der Waals surface area contributed by atoms with Crippen LogP contribution in [0.5, 0.6) is 0 Å². The van der Waals surface area contributed by atoms with E-state index in [4.69, 9.17) is 0 Å². The molecule has 17 heavy (non-hydrogen) atoms. The molecule has 2 aliphatic heterocycles. The number of fused-ring (bicyclic) bond motifs is 2. The molecule has 1 aromatic heterocycles. The molecule has 0 aromatic carbocycles. The Hall–Kier alpha value is -0.160. The molecule has 3 heterocycles. The van der Waals surface area contributed by atoms with E-state index in [0.717, 1.165) is 21.7 Å². The number of nitrogens with zero attached hydrogens (tertiary/aromatic N) is 2. The molecular weight excluding hydrogens is 323 g/mol. The average Bonchev–Trinajstić information content (AvgIpc) is 2.30. The largest absolute Gasteiger partial charge is 0.300 e. The maximum Gasteiger partial charge on any atom is 0.101 e. The fraction of sp³-hybridized carbons (Fsp3) is 0.643. The Kier molecular flexibility index (Phi) is 3.39. The maximum atomic E-state index is 4.44. The van der Waals surface area contributed by atoms with E-state index in [1.54, 1.807) is 0 Å². The summed E-state index contributed by atoms with van der Waals surface area (Å²) in [5.41, 5.74) is 1.45. The minimum atomic E-state index is 0.742. The lowest BCUT2D eigenvalue weighted by Gasteiger charge is -2.47. The molecule has 0 saturated carbocycles. The maximum absolute atomic E-state index is 4.44. The van der Waals surface area contributed by atoms with Gasteiger partial charge in [-0.25, -0.2) is 0 Å². The Morgan fingerprint density at radius 1 is 1.24 bits per heavy atom. The smallest absolute Gasteiger partial charge is 0.101 e. The van der Waals surface area contributed by atoms with Gasteiger partial charge in [-0.15, -0.1) is 0 Å². The molecule has 0 aliphatic carbocycles. The number of rotatable bonds is 1. The van der Waals surface area contributed by atoms with Crippen molar-refractivity contribution < 1.29 is 0 Å². The fourth-order valence-electron chi connectivity index (χ4n) is 3.52. The Bertz CT molecular complexity index is 376. The molecule has 2 fully saturated rings. The quantitative estimate of drug-likeness (QED) is 0.574. The summed E-state index contributed by atoms with van der Waals surface area (Å²) in [5, 5.41) is 0. The highest BCUT2D eigenvalue weighted by atomic mass is 127. The van der Waals surface area contributed by atoms with Crippen molar-refractivity contribution >= 4 is 22.6 Å². The molecule has 0 spiro atoms. The van der Waals surface area contributed by atoms with Crippen LogP contribution < -0.4 is 0 Å². The van der Waals surface area contributed by atoms with Gasteiger partial charge >= 0.3 is 0 Å². The van der Waals surface area contributed by atoms with Crippen LogP contribution >= 0.6 is 22.6 Å². The molecule has 2 atom stereocenters. The molecule has 0 radical (unpaired) electrons. The van der Waals surface area contributed by atoms with E-state index >= 15 is 0 Å². The lowest BCUT2D eigenvalue weighted by atomic mass is 9.76. The molecule has 0 N–H and O–H groups in total. The molecule has 0 amide bonds. The summed E-state index contributed by atoms with van der Waals surface area (Å²) in [7, 11) is 2.32. The Morgan fingerprint density at radius 3 is 2.53 bits per heavy atom. The number of pyridine rings is 1. The van der Waals surface area contributed by atoms with Gasteiger partial charge in [-0.3, -0.25) is 4.98 Å². The molecule has 92 valence electrons. The first kappa shape index (κ1) is 11.9. The molecule has 3 rings (SSSR count). The first-order valence-corrected chi connectivity index (χ1v) is 7.65. The van der Waals surface area contributed by atoms with Crippen LogP contribution in [0.3, 0.4) is 0 Å². The Labute approximate surface area is 117 Å². The summed E-state index contributed by atoms with van der Waals surface area (Å²) in [6, 6.07) is 6.04.